The highest BCUT2D eigenvalue weighted by atomic mass is 35.5. The molecule has 0 radical (unpaired) electrons. The molecule has 1 heterocycles. The molecule has 100 valence electrons. The van der Waals surface area contributed by atoms with E-state index < -0.39 is 0 Å². The molecule has 1 aliphatic heterocycles. The molecule has 0 amide bonds. The van der Waals surface area contributed by atoms with Crippen molar-refractivity contribution < 1.29 is 0 Å². The Bertz CT molecular complexity index is 345. The Hall–Kier alpha value is -0.610. The monoisotopic (exact) mass is 267 g/mol. The van der Waals surface area contributed by atoms with Crippen molar-refractivity contribution in [1.82, 2.24) is 9.80 Å². The molecule has 2 rings (SSSR count). The van der Waals surface area contributed by atoms with E-state index in [1.807, 2.05) is 12.1 Å². The molecular formula is C14H22ClN3. The lowest BCUT2D eigenvalue weighted by Crippen LogP contribution is -2.46. The SMILES string of the molecule is NCCCN1CCN(Cc2ccc(Cl)cc2)CC1. The molecule has 2 N–H and O–H groups in total. The maximum absolute atomic E-state index is 5.89. The van der Waals surface area contributed by atoms with E-state index in [4.69, 9.17) is 17.3 Å². The molecule has 0 unspecified atom stereocenters. The Balaban J connectivity index is 1.74. The average Bonchev–Trinajstić information content (AvgIpc) is 2.41. The number of hydrogen-bond acceptors (Lipinski definition) is 3. The second-order valence-electron chi connectivity index (χ2n) is 4.89. The van der Waals surface area contributed by atoms with Gasteiger partial charge in [0.1, 0.15) is 0 Å². The lowest BCUT2D eigenvalue weighted by Gasteiger charge is -2.34. The zero-order chi connectivity index (χ0) is 12.8. The fourth-order valence-electron chi connectivity index (χ4n) is 2.33. The first-order chi connectivity index (χ1) is 8.78. The zero-order valence-electron chi connectivity index (χ0n) is 10.8. The normalized spacial score (nSPS) is 18.1. The number of hydrogen-bond donors (Lipinski definition) is 1. The van der Waals surface area contributed by atoms with Gasteiger partial charge in [-0.15, -0.1) is 0 Å². The van der Waals surface area contributed by atoms with Crippen LogP contribution in [0.3, 0.4) is 0 Å². The van der Waals surface area contributed by atoms with E-state index in [0.29, 0.717) is 0 Å². The highest BCUT2D eigenvalue weighted by molar-refractivity contribution is 6.30. The molecule has 0 atom stereocenters. The minimum Gasteiger partial charge on any atom is -0.330 e. The lowest BCUT2D eigenvalue weighted by atomic mass is 10.2. The van der Waals surface area contributed by atoms with Gasteiger partial charge in [-0.1, -0.05) is 23.7 Å². The van der Waals surface area contributed by atoms with Crippen molar-refractivity contribution in [2.45, 2.75) is 13.0 Å². The van der Waals surface area contributed by atoms with E-state index >= 15 is 0 Å². The zero-order valence-corrected chi connectivity index (χ0v) is 11.6. The standard InChI is InChI=1S/C14H22ClN3/c15-14-4-2-13(3-5-14)12-18-10-8-17(9-11-18)7-1-6-16/h2-5H,1,6-12,16H2. The molecular weight excluding hydrogens is 246 g/mol. The van der Waals surface area contributed by atoms with E-state index in [0.717, 1.165) is 57.3 Å². The van der Waals surface area contributed by atoms with Crippen molar-refractivity contribution in [2.24, 2.45) is 5.73 Å². The van der Waals surface area contributed by atoms with Gasteiger partial charge < -0.3 is 10.6 Å². The van der Waals surface area contributed by atoms with Crippen LogP contribution in [0.1, 0.15) is 12.0 Å². The summed E-state index contributed by atoms with van der Waals surface area (Å²) in [6.07, 6.45) is 1.11. The number of rotatable bonds is 5. The first-order valence-corrected chi connectivity index (χ1v) is 7.05. The summed E-state index contributed by atoms with van der Waals surface area (Å²) in [5, 5.41) is 0.811. The van der Waals surface area contributed by atoms with Crippen molar-refractivity contribution in [3.8, 4) is 0 Å². The summed E-state index contributed by atoms with van der Waals surface area (Å²) in [7, 11) is 0. The van der Waals surface area contributed by atoms with Crippen LogP contribution in [0.5, 0.6) is 0 Å². The summed E-state index contributed by atoms with van der Waals surface area (Å²) in [6, 6.07) is 8.16. The number of piperazine rings is 1. The molecule has 4 heteroatoms. The first-order valence-electron chi connectivity index (χ1n) is 6.67. The number of nitrogens with two attached hydrogens (primary N) is 1. The van der Waals surface area contributed by atoms with Gasteiger partial charge in [0.2, 0.25) is 0 Å². The van der Waals surface area contributed by atoms with Crippen molar-refractivity contribution >= 4 is 11.6 Å². The Morgan fingerprint density at radius 1 is 1.00 bits per heavy atom. The second-order valence-corrected chi connectivity index (χ2v) is 5.32. The third-order valence-electron chi connectivity index (χ3n) is 3.46. The van der Waals surface area contributed by atoms with E-state index in [1.54, 1.807) is 0 Å². The van der Waals surface area contributed by atoms with Crippen LogP contribution in [-0.4, -0.2) is 49.1 Å². The van der Waals surface area contributed by atoms with Gasteiger partial charge in [0, 0.05) is 37.7 Å². The van der Waals surface area contributed by atoms with Gasteiger partial charge in [-0.2, -0.15) is 0 Å². The van der Waals surface area contributed by atoms with Crippen molar-refractivity contribution in [3.05, 3.63) is 34.9 Å². The molecule has 1 aliphatic rings. The van der Waals surface area contributed by atoms with E-state index in [1.165, 1.54) is 5.56 Å². The average molecular weight is 268 g/mol. The maximum Gasteiger partial charge on any atom is 0.0406 e. The largest absolute Gasteiger partial charge is 0.330 e. The fourth-order valence-corrected chi connectivity index (χ4v) is 2.46. The highest BCUT2D eigenvalue weighted by Crippen LogP contribution is 2.12. The fraction of sp³-hybridized carbons (Fsp3) is 0.571. The predicted octanol–water partition coefficient (Wildman–Crippen LogP) is 1.81. The van der Waals surface area contributed by atoms with Crippen LogP contribution in [0.25, 0.3) is 0 Å². The third kappa shape index (κ3) is 4.25. The lowest BCUT2D eigenvalue weighted by molar-refractivity contribution is 0.127. The minimum absolute atomic E-state index is 0.797. The molecule has 0 aromatic heterocycles. The van der Waals surface area contributed by atoms with Crippen LogP contribution in [0, 0.1) is 0 Å². The summed E-state index contributed by atoms with van der Waals surface area (Å²) in [5.41, 5.74) is 6.88. The summed E-state index contributed by atoms with van der Waals surface area (Å²) in [4.78, 5) is 5.01. The van der Waals surface area contributed by atoms with Crippen molar-refractivity contribution in [1.29, 1.82) is 0 Å². The van der Waals surface area contributed by atoms with Crippen LogP contribution in [0.15, 0.2) is 24.3 Å². The molecule has 1 saturated heterocycles. The van der Waals surface area contributed by atoms with Gasteiger partial charge >= 0.3 is 0 Å². The second kappa shape index (κ2) is 7.10. The summed E-state index contributed by atoms with van der Waals surface area (Å²) >= 11 is 5.89. The quantitative estimate of drug-likeness (QED) is 0.883. The number of benzene rings is 1. The Morgan fingerprint density at radius 2 is 1.61 bits per heavy atom. The third-order valence-corrected chi connectivity index (χ3v) is 3.71. The van der Waals surface area contributed by atoms with Gasteiger partial charge in [0.15, 0.2) is 0 Å². The van der Waals surface area contributed by atoms with Gasteiger partial charge in [-0.05, 0) is 37.2 Å². The minimum atomic E-state index is 0.797. The van der Waals surface area contributed by atoms with Gasteiger partial charge in [-0.3, -0.25) is 4.90 Å². The smallest absolute Gasteiger partial charge is 0.0406 e. The molecule has 1 aromatic rings. The van der Waals surface area contributed by atoms with Crippen LogP contribution in [0.2, 0.25) is 5.02 Å². The molecule has 1 fully saturated rings. The molecule has 0 spiro atoms. The summed E-state index contributed by atoms with van der Waals surface area (Å²) in [5.74, 6) is 0. The predicted molar refractivity (Wildman–Crippen MR) is 76.8 cm³/mol. The number of nitrogens with zero attached hydrogens (tertiary/aromatic N) is 2. The molecule has 0 bridgehead atoms. The maximum atomic E-state index is 5.89. The van der Waals surface area contributed by atoms with Gasteiger partial charge in [-0.25, -0.2) is 0 Å². The summed E-state index contributed by atoms with van der Waals surface area (Å²) < 4.78 is 0. The Labute approximate surface area is 115 Å². The van der Waals surface area contributed by atoms with E-state index in [-0.39, 0.29) is 0 Å². The Kier molecular flexibility index (Phi) is 5.45. The van der Waals surface area contributed by atoms with Crippen LogP contribution in [0.4, 0.5) is 0 Å². The molecule has 3 nitrogen and oxygen atoms in total. The van der Waals surface area contributed by atoms with E-state index in [9.17, 15) is 0 Å². The van der Waals surface area contributed by atoms with Crippen molar-refractivity contribution in [2.75, 3.05) is 39.3 Å². The molecule has 0 saturated carbocycles. The van der Waals surface area contributed by atoms with Crippen LogP contribution < -0.4 is 5.73 Å². The number of halogens is 1. The highest BCUT2D eigenvalue weighted by Gasteiger charge is 2.16. The van der Waals surface area contributed by atoms with Crippen LogP contribution in [-0.2, 0) is 6.54 Å². The topological polar surface area (TPSA) is 32.5 Å². The van der Waals surface area contributed by atoms with E-state index in [2.05, 4.69) is 21.9 Å². The Morgan fingerprint density at radius 3 is 2.22 bits per heavy atom. The van der Waals surface area contributed by atoms with Gasteiger partial charge in [0.25, 0.3) is 0 Å². The summed E-state index contributed by atoms with van der Waals surface area (Å²) in [6.45, 7) is 7.58. The molecule has 18 heavy (non-hydrogen) atoms. The van der Waals surface area contributed by atoms with Gasteiger partial charge in [0.05, 0.1) is 0 Å². The first kappa shape index (κ1) is 13.8. The van der Waals surface area contributed by atoms with Crippen LogP contribution >= 0.6 is 11.6 Å². The molecule has 1 aromatic carbocycles. The molecule has 0 aliphatic carbocycles. The van der Waals surface area contributed by atoms with Crippen molar-refractivity contribution in [3.63, 3.8) is 0 Å².